The third kappa shape index (κ3) is 1.67. The van der Waals surface area contributed by atoms with E-state index in [-0.39, 0.29) is 0 Å². The quantitative estimate of drug-likeness (QED) is 0.525. The second-order valence-corrected chi connectivity index (χ2v) is 4.08. The van der Waals surface area contributed by atoms with Crippen LogP contribution in [0.3, 0.4) is 0 Å². The summed E-state index contributed by atoms with van der Waals surface area (Å²) in [5.74, 6) is 0. The van der Waals surface area contributed by atoms with Crippen LogP contribution >= 0.6 is 11.9 Å². The van der Waals surface area contributed by atoms with Gasteiger partial charge < -0.3 is 0 Å². The number of rotatable bonds is 2. The van der Waals surface area contributed by atoms with Crippen molar-refractivity contribution in [2.24, 2.45) is 0 Å². The van der Waals surface area contributed by atoms with E-state index in [1.54, 1.807) is 0 Å². The van der Waals surface area contributed by atoms with Crippen LogP contribution in [0.5, 0.6) is 0 Å². The highest BCUT2D eigenvalue weighted by Gasteiger charge is 2.18. The Balaban J connectivity index is 2.01. The Morgan fingerprint density at radius 3 is 2.12 bits per heavy atom. The fraction of sp³-hybridized carbons (Fsp3) is 1.00. The summed E-state index contributed by atoms with van der Waals surface area (Å²) in [6.07, 6.45) is 4.32. The van der Waals surface area contributed by atoms with E-state index in [9.17, 15) is 0 Å². The molecule has 0 atom stereocenters. The van der Waals surface area contributed by atoms with E-state index in [4.69, 9.17) is 0 Å². The molecule has 0 aromatic carbocycles. The molecule has 48 valence electrons. The van der Waals surface area contributed by atoms with Crippen LogP contribution in [0.4, 0.5) is 0 Å². The van der Waals surface area contributed by atoms with Crippen LogP contribution in [0.2, 0.25) is 0 Å². The lowest BCUT2D eigenvalue weighted by Crippen LogP contribution is -2.18. The summed E-state index contributed by atoms with van der Waals surface area (Å²) in [5.41, 5.74) is 0. The van der Waals surface area contributed by atoms with Crippen LogP contribution in [-0.4, -0.2) is 23.7 Å². The Bertz CT molecular complexity index is 68.9. The Labute approximate surface area is 55.6 Å². The van der Waals surface area contributed by atoms with E-state index in [0.29, 0.717) is 0 Å². The Morgan fingerprint density at radius 2 is 2.00 bits per heavy atom. The van der Waals surface area contributed by atoms with Crippen LogP contribution in [0, 0.1) is 0 Å². The smallest absolute Gasteiger partial charge is 0.0195 e. The summed E-state index contributed by atoms with van der Waals surface area (Å²) >= 11 is 1.97. The van der Waals surface area contributed by atoms with Crippen molar-refractivity contribution in [1.29, 1.82) is 0 Å². The number of nitrogens with zero attached hydrogens (tertiary/aromatic N) is 1. The molecule has 0 heterocycles. The van der Waals surface area contributed by atoms with Crippen LogP contribution < -0.4 is 0 Å². The molecule has 0 bridgehead atoms. The molecule has 1 aliphatic rings. The summed E-state index contributed by atoms with van der Waals surface area (Å²) in [5, 5.41) is 0.949. The van der Waals surface area contributed by atoms with Crippen molar-refractivity contribution in [2.75, 3.05) is 14.1 Å². The minimum Gasteiger partial charge on any atom is -0.257 e. The van der Waals surface area contributed by atoms with Crippen molar-refractivity contribution < 1.29 is 0 Å². The van der Waals surface area contributed by atoms with Crippen molar-refractivity contribution in [3.8, 4) is 0 Å². The molecule has 1 fully saturated rings. The predicted molar refractivity (Wildman–Crippen MR) is 38.9 cm³/mol. The molecule has 1 saturated carbocycles. The van der Waals surface area contributed by atoms with Crippen molar-refractivity contribution >= 4 is 11.9 Å². The van der Waals surface area contributed by atoms with E-state index in [0.717, 1.165) is 5.25 Å². The first-order valence-electron chi connectivity index (χ1n) is 3.13. The van der Waals surface area contributed by atoms with E-state index >= 15 is 0 Å². The molecule has 1 rings (SSSR count). The number of hydrogen-bond acceptors (Lipinski definition) is 2. The monoisotopic (exact) mass is 131 g/mol. The van der Waals surface area contributed by atoms with Gasteiger partial charge >= 0.3 is 0 Å². The second-order valence-electron chi connectivity index (χ2n) is 2.47. The van der Waals surface area contributed by atoms with Gasteiger partial charge in [-0.05, 0) is 26.9 Å². The van der Waals surface area contributed by atoms with Crippen molar-refractivity contribution in [2.45, 2.75) is 24.5 Å². The lowest BCUT2D eigenvalue weighted by molar-refractivity contribution is 0.509. The summed E-state index contributed by atoms with van der Waals surface area (Å²) < 4.78 is 2.20. The molecule has 0 radical (unpaired) electrons. The lowest BCUT2D eigenvalue weighted by atomic mass is 10.0. The van der Waals surface area contributed by atoms with Gasteiger partial charge in [0.1, 0.15) is 0 Å². The second kappa shape index (κ2) is 2.74. The SMILES string of the molecule is CN(C)SC1CCC1. The van der Waals surface area contributed by atoms with Gasteiger partial charge in [0.15, 0.2) is 0 Å². The molecular weight excluding hydrogens is 118 g/mol. The molecule has 0 aromatic rings. The molecule has 0 amide bonds. The standard InChI is InChI=1S/C6H13NS/c1-7(2)8-6-4-3-5-6/h6H,3-5H2,1-2H3. The summed E-state index contributed by atoms with van der Waals surface area (Å²) in [6.45, 7) is 0. The highest BCUT2D eigenvalue weighted by Crippen LogP contribution is 2.31. The summed E-state index contributed by atoms with van der Waals surface area (Å²) in [6, 6.07) is 0. The van der Waals surface area contributed by atoms with Gasteiger partial charge in [0.25, 0.3) is 0 Å². The first-order chi connectivity index (χ1) is 3.79. The molecular formula is C6H13NS. The fourth-order valence-electron chi connectivity index (χ4n) is 0.774. The Hall–Kier alpha value is 0.310. The molecule has 8 heavy (non-hydrogen) atoms. The average Bonchev–Trinajstić information content (AvgIpc) is 1.55. The topological polar surface area (TPSA) is 3.24 Å². The summed E-state index contributed by atoms with van der Waals surface area (Å²) in [7, 11) is 4.23. The first-order valence-corrected chi connectivity index (χ1v) is 3.97. The van der Waals surface area contributed by atoms with Gasteiger partial charge in [-0.1, -0.05) is 18.4 Å². The van der Waals surface area contributed by atoms with Gasteiger partial charge in [-0.15, -0.1) is 0 Å². The van der Waals surface area contributed by atoms with Gasteiger partial charge in [-0.3, -0.25) is 4.31 Å². The molecule has 0 aromatic heterocycles. The zero-order valence-corrected chi connectivity index (χ0v) is 6.37. The van der Waals surface area contributed by atoms with Gasteiger partial charge in [-0.25, -0.2) is 0 Å². The average molecular weight is 131 g/mol. The Morgan fingerprint density at radius 1 is 1.38 bits per heavy atom. The minimum atomic E-state index is 0.949. The van der Waals surface area contributed by atoms with Crippen LogP contribution in [-0.2, 0) is 0 Å². The molecule has 0 spiro atoms. The highest BCUT2D eigenvalue weighted by atomic mass is 32.2. The van der Waals surface area contributed by atoms with E-state index in [2.05, 4.69) is 18.4 Å². The van der Waals surface area contributed by atoms with Crippen molar-refractivity contribution in [3.05, 3.63) is 0 Å². The molecule has 1 nitrogen and oxygen atoms in total. The number of hydrogen-bond donors (Lipinski definition) is 0. The molecule has 0 saturated heterocycles. The third-order valence-corrected chi connectivity index (χ3v) is 2.60. The molecule has 1 aliphatic carbocycles. The zero-order chi connectivity index (χ0) is 5.98. The van der Waals surface area contributed by atoms with Gasteiger partial charge in [0.05, 0.1) is 0 Å². The normalized spacial score (nSPS) is 21.4. The summed E-state index contributed by atoms with van der Waals surface area (Å²) in [4.78, 5) is 0. The van der Waals surface area contributed by atoms with E-state index < -0.39 is 0 Å². The van der Waals surface area contributed by atoms with Crippen LogP contribution in [0.1, 0.15) is 19.3 Å². The highest BCUT2D eigenvalue weighted by molar-refractivity contribution is 7.97. The third-order valence-electron chi connectivity index (χ3n) is 1.41. The van der Waals surface area contributed by atoms with Crippen LogP contribution in [0.25, 0.3) is 0 Å². The Kier molecular flexibility index (Phi) is 2.20. The first kappa shape index (κ1) is 6.43. The maximum Gasteiger partial charge on any atom is 0.0195 e. The largest absolute Gasteiger partial charge is 0.257 e. The molecule has 2 heteroatoms. The maximum atomic E-state index is 2.20. The van der Waals surface area contributed by atoms with E-state index in [1.807, 2.05) is 11.9 Å². The molecule has 0 unspecified atom stereocenters. The van der Waals surface area contributed by atoms with Gasteiger partial charge in [0, 0.05) is 5.25 Å². The fourth-order valence-corrected chi connectivity index (χ4v) is 1.91. The van der Waals surface area contributed by atoms with Gasteiger partial charge in [0.2, 0.25) is 0 Å². The molecule has 0 N–H and O–H groups in total. The van der Waals surface area contributed by atoms with E-state index in [1.165, 1.54) is 19.3 Å². The zero-order valence-electron chi connectivity index (χ0n) is 5.55. The van der Waals surface area contributed by atoms with Crippen LogP contribution in [0.15, 0.2) is 0 Å². The minimum absolute atomic E-state index is 0.949. The van der Waals surface area contributed by atoms with Crippen molar-refractivity contribution in [3.63, 3.8) is 0 Å². The predicted octanol–water partition coefficient (Wildman–Crippen LogP) is 1.75. The lowest BCUT2D eigenvalue weighted by Gasteiger charge is -2.26. The molecule has 0 aliphatic heterocycles. The maximum absolute atomic E-state index is 2.20. The van der Waals surface area contributed by atoms with Crippen molar-refractivity contribution in [1.82, 2.24) is 4.31 Å². The van der Waals surface area contributed by atoms with Gasteiger partial charge in [-0.2, -0.15) is 0 Å².